The van der Waals surface area contributed by atoms with Gasteiger partial charge in [-0.25, -0.2) is 0 Å². The summed E-state index contributed by atoms with van der Waals surface area (Å²) >= 11 is 0. The third kappa shape index (κ3) is 4.13. The molecular formula is C15H17N3O5. The Morgan fingerprint density at radius 2 is 2.04 bits per heavy atom. The van der Waals surface area contributed by atoms with Gasteiger partial charge >= 0.3 is 0 Å². The Bertz CT molecular complexity index is 654. The van der Waals surface area contributed by atoms with E-state index < -0.39 is 16.9 Å². The predicted molar refractivity (Wildman–Crippen MR) is 81.3 cm³/mol. The number of carbonyl (C=O) groups excluding carboxylic acids is 2. The standard InChI is InChI=1S/C15H17N3O5/c16-14(20)13(19)9-11-6-8-17(15(11)21)7-5-10-1-3-12(4-2-10)18(22)23/h1-4,6,13,19H,5,7-9H2,(H2,16,20). The van der Waals surface area contributed by atoms with Crippen LogP contribution in [0.3, 0.4) is 0 Å². The van der Waals surface area contributed by atoms with E-state index in [1.165, 1.54) is 12.1 Å². The molecule has 122 valence electrons. The van der Waals surface area contributed by atoms with E-state index in [-0.39, 0.29) is 18.0 Å². The second-order valence-corrected chi connectivity index (χ2v) is 5.28. The second-order valence-electron chi connectivity index (χ2n) is 5.28. The maximum absolute atomic E-state index is 12.1. The van der Waals surface area contributed by atoms with Gasteiger partial charge in [0.05, 0.1) is 4.92 Å². The smallest absolute Gasteiger partial charge is 0.269 e. The summed E-state index contributed by atoms with van der Waals surface area (Å²) in [6.07, 6.45) is 0.787. The molecule has 0 aliphatic carbocycles. The molecule has 1 aliphatic rings. The van der Waals surface area contributed by atoms with E-state index in [9.17, 15) is 24.8 Å². The highest BCUT2D eigenvalue weighted by atomic mass is 16.6. The van der Waals surface area contributed by atoms with E-state index >= 15 is 0 Å². The molecule has 1 aromatic rings. The maximum atomic E-state index is 12.1. The lowest BCUT2D eigenvalue weighted by Gasteiger charge is -2.17. The first-order valence-electron chi connectivity index (χ1n) is 7.07. The lowest BCUT2D eigenvalue weighted by atomic mass is 10.1. The quantitative estimate of drug-likeness (QED) is 0.546. The first-order chi connectivity index (χ1) is 10.9. The first-order valence-corrected chi connectivity index (χ1v) is 7.07. The summed E-state index contributed by atoms with van der Waals surface area (Å²) in [5.74, 6) is -1.09. The van der Waals surface area contributed by atoms with Crippen molar-refractivity contribution in [3.63, 3.8) is 0 Å². The molecule has 1 unspecified atom stereocenters. The number of nitro benzene ring substituents is 1. The second kappa shape index (κ2) is 7.01. The summed E-state index contributed by atoms with van der Waals surface area (Å²) in [6.45, 7) is 0.857. The van der Waals surface area contributed by atoms with E-state index in [4.69, 9.17) is 5.73 Å². The molecule has 8 heteroatoms. The van der Waals surface area contributed by atoms with Crippen LogP contribution in [0.15, 0.2) is 35.9 Å². The average Bonchev–Trinajstić information content (AvgIpc) is 2.86. The molecule has 23 heavy (non-hydrogen) atoms. The number of nitro groups is 1. The Balaban J connectivity index is 1.87. The highest BCUT2D eigenvalue weighted by Crippen LogP contribution is 2.18. The molecule has 3 N–H and O–H groups in total. The van der Waals surface area contributed by atoms with Crippen molar-refractivity contribution >= 4 is 17.5 Å². The van der Waals surface area contributed by atoms with Gasteiger partial charge in [-0.3, -0.25) is 19.7 Å². The van der Waals surface area contributed by atoms with E-state index in [1.807, 2.05) is 0 Å². The molecule has 2 rings (SSSR count). The summed E-state index contributed by atoms with van der Waals surface area (Å²) in [7, 11) is 0. The number of hydrogen-bond acceptors (Lipinski definition) is 5. The Morgan fingerprint density at radius 1 is 1.39 bits per heavy atom. The van der Waals surface area contributed by atoms with Crippen molar-refractivity contribution in [1.29, 1.82) is 0 Å². The third-order valence-corrected chi connectivity index (χ3v) is 3.68. The van der Waals surface area contributed by atoms with Crippen LogP contribution < -0.4 is 5.73 Å². The molecule has 1 heterocycles. The molecule has 0 radical (unpaired) electrons. The maximum Gasteiger partial charge on any atom is 0.269 e. The van der Waals surface area contributed by atoms with Gasteiger partial charge in [-0.1, -0.05) is 18.2 Å². The largest absolute Gasteiger partial charge is 0.383 e. The summed E-state index contributed by atoms with van der Waals surface area (Å²) in [5.41, 5.74) is 6.26. The highest BCUT2D eigenvalue weighted by molar-refractivity contribution is 5.96. The SMILES string of the molecule is NC(=O)C(O)CC1=CCN(CCc2ccc([N+](=O)[O-])cc2)C1=O. The lowest BCUT2D eigenvalue weighted by Crippen LogP contribution is -2.32. The molecule has 8 nitrogen and oxygen atoms in total. The van der Waals surface area contributed by atoms with Crippen molar-refractivity contribution in [2.75, 3.05) is 13.1 Å². The van der Waals surface area contributed by atoms with Gasteiger partial charge < -0.3 is 15.7 Å². The Kier molecular flexibility index (Phi) is 5.07. The van der Waals surface area contributed by atoms with Crippen molar-refractivity contribution in [2.24, 2.45) is 5.73 Å². The molecule has 1 aliphatic heterocycles. The topological polar surface area (TPSA) is 127 Å². The van der Waals surface area contributed by atoms with Gasteiger partial charge in [0.1, 0.15) is 6.10 Å². The first kappa shape index (κ1) is 16.6. The lowest BCUT2D eigenvalue weighted by molar-refractivity contribution is -0.384. The Morgan fingerprint density at radius 3 is 2.61 bits per heavy atom. The highest BCUT2D eigenvalue weighted by Gasteiger charge is 2.26. The van der Waals surface area contributed by atoms with Crippen LogP contribution in [0.1, 0.15) is 12.0 Å². The fourth-order valence-corrected chi connectivity index (χ4v) is 2.31. The number of non-ortho nitro benzene ring substituents is 1. The molecule has 0 fully saturated rings. The molecule has 0 bridgehead atoms. The van der Waals surface area contributed by atoms with Gasteiger partial charge in [0.15, 0.2) is 0 Å². The number of nitrogens with two attached hydrogens (primary N) is 1. The number of carbonyl (C=O) groups is 2. The summed E-state index contributed by atoms with van der Waals surface area (Å²) in [6, 6.07) is 6.16. The van der Waals surface area contributed by atoms with Crippen LogP contribution in [0.2, 0.25) is 0 Å². The number of hydrogen-bond donors (Lipinski definition) is 2. The van der Waals surface area contributed by atoms with Crippen LogP contribution >= 0.6 is 0 Å². The normalized spacial score (nSPS) is 15.4. The number of aliphatic hydroxyl groups excluding tert-OH is 1. The third-order valence-electron chi connectivity index (χ3n) is 3.68. The van der Waals surface area contributed by atoms with Crippen molar-refractivity contribution in [1.82, 2.24) is 4.90 Å². The van der Waals surface area contributed by atoms with Crippen LogP contribution in [0.25, 0.3) is 0 Å². The number of benzene rings is 1. The van der Waals surface area contributed by atoms with Gasteiger partial charge in [0, 0.05) is 37.2 Å². The number of primary amides is 1. The minimum atomic E-state index is -1.36. The van der Waals surface area contributed by atoms with Crippen LogP contribution in [0.5, 0.6) is 0 Å². The minimum absolute atomic E-state index is 0.0235. The van der Waals surface area contributed by atoms with Crippen LogP contribution in [-0.4, -0.2) is 45.9 Å². The van der Waals surface area contributed by atoms with Gasteiger partial charge in [0.25, 0.3) is 5.69 Å². The van der Waals surface area contributed by atoms with Gasteiger partial charge in [-0.15, -0.1) is 0 Å². The minimum Gasteiger partial charge on any atom is -0.383 e. The van der Waals surface area contributed by atoms with Crippen molar-refractivity contribution < 1.29 is 19.6 Å². The van der Waals surface area contributed by atoms with E-state index in [1.54, 1.807) is 23.1 Å². The zero-order valence-corrected chi connectivity index (χ0v) is 12.3. The monoisotopic (exact) mass is 319 g/mol. The Hall–Kier alpha value is -2.74. The Labute approximate surface area is 132 Å². The number of aliphatic hydroxyl groups is 1. The zero-order chi connectivity index (χ0) is 17.0. The molecule has 0 spiro atoms. The fourth-order valence-electron chi connectivity index (χ4n) is 2.31. The predicted octanol–water partition coefficient (Wildman–Crippen LogP) is 0.142. The van der Waals surface area contributed by atoms with Crippen molar-refractivity contribution in [2.45, 2.75) is 18.9 Å². The number of nitrogens with zero attached hydrogens (tertiary/aromatic N) is 2. The fraction of sp³-hybridized carbons (Fsp3) is 0.333. The average molecular weight is 319 g/mol. The summed E-state index contributed by atoms with van der Waals surface area (Å²) in [5, 5.41) is 20.0. The van der Waals surface area contributed by atoms with Gasteiger partial charge in [0.2, 0.25) is 11.8 Å². The number of amides is 2. The summed E-state index contributed by atoms with van der Waals surface area (Å²) < 4.78 is 0. The summed E-state index contributed by atoms with van der Waals surface area (Å²) in [4.78, 5) is 34.7. The van der Waals surface area contributed by atoms with Crippen molar-refractivity contribution in [3.05, 3.63) is 51.6 Å². The van der Waals surface area contributed by atoms with E-state index in [0.717, 1.165) is 5.56 Å². The van der Waals surface area contributed by atoms with Crippen LogP contribution in [0, 0.1) is 10.1 Å². The molecule has 0 aromatic heterocycles. The van der Waals surface area contributed by atoms with Crippen molar-refractivity contribution in [3.8, 4) is 0 Å². The van der Waals surface area contributed by atoms with Gasteiger partial charge in [-0.05, 0) is 12.0 Å². The molecular weight excluding hydrogens is 302 g/mol. The zero-order valence-electron chi connectivity index (χ0n) is 12.3. The molecule has 2 amide bonds. The van der Waals surface area contributed by atoms with Crippen LogP contribution in [0.4, 0.5) is 5.69 Å². The molecule has 1 aromatic carbocycles. The molecule has 1 atom stereocenters. The molecule has 0 saturated heterocycles. The van der Waals surface area contributed by atoms with E-state index in [2.05, 4.69) is 0 Å². The number of rotatable bonds is 7. The molecule has 0 saturated carbocycles. The van der Waals surface area contributed by atoms with E-state index in [0.29, 0.717) is 25.1 Å². The van der Waals surface area contributed by atoms with Crippen LogP contribution in [-0.2, 0) is 16.0 Å². The van der Waals surface area contributed by atoms with Gasteiger partial charge in [-0.2, -0.15) is 0 Å².